The fraction of sp³-hybridized carbons (Fsp3) is 0.300. The summed E-state index contributed by atoms with van der Waals surface area (Å²) in [6.07, 6.45) is 1.45. The van der Waals surface area contributed by atoms with Gasteiger partial charge in [-0.15, -0.1) is 0 Å². The SMILES string of the molecule is CC(OCCCNC(=O)COc1ccccc1C=O)c1ccccc1. The maximum atomic E-state index is 11.8. The van der Waals surface area contributed by atoms with E-state index in [1.165, 1.54) is 0 Å². The lowest BCUT2D eigenvalue weighted by Crippen LogP contribution is -2.30. The number of carbonyl (C=O) groups excluding carboxylic acids is 2. The third-order valence-electron chi connectivity index (χ3n) is 3.68. The van der Waals surface area contributed by atoms with E-state index in [1.807, 2.05) is 37.3 Å². The molecule has 0 radical (unpaired) electrons. The van der Waals surface area contributed by atoms with Crippen LogP contribution in [0.2, 0.25) is 0 Å². The molecule has 0 bridgehead atoms. The molecule has 0 heterocycles. The first kappa shape index (κ1) is 18.7. The first-order chi connectivity index (χ1) is 12.2. The molecule has 25 heavy (non-hydrogen) atoms. The highest BCUT2D eigenvalue weighted by atomic mass is 16.5. The van der Waals surface area contributed by atoms with Crippen molar-refractivity contribution in [3.63, 3.8) is 0 Å². The van der Waals surface area contributed by atoms with E-state index >= 15 is 0 Å². The average Bonchev–Trinajstić information content (AvgIpc) is 2.66. The van der Waals surface area contributed by atoms with Crippen LogP contribution in [-0.4, -0.2) is 32.0 Å². The summed E-state index contributed by atoms with van der Waals surface area (Å²) in [5, 5.41) is 2.77. The molecule has 5 heteroatoms. The summed E-state index contributed by atoms with van der Waals surface area (Å²) in [6.45, 7) is 2.96. The van der Waals surface area contributed by atoms with Crippen molar-refractivity contribution in [3.8, 4) is 5.75 Å². The summed E-state index contributed by atoms with van der Waals surface area (Å²) in [7, 11) is 0. The summed E-state index contributed by atoms with van der Waals surface area (Å²) < 4.78 is 11.1. The van der Waals surface area contributed by atoms with E-state index in [0.717, 1.165) is 5.56 Å². The van der Waals surface area contributed by atoms with E-state index in [4.69, 9.17) is 9.47 Å². The number of para-hydroxylation sites is 1. The first-order valence-corrected chi connectivity index (χ1v) is 8.31. The van der Waals surface area contributed by atoms with E-state index in [2.05, 4.69) is 5.32 Å². The molecule has 2 aromatic carbocycles. The van der Waals surface area contributed by atoms with Crippen LogP contribution >= 0.6 is 0 Å². The summed E-state index contributed by atoms with van der Waals surface area (Å²) in [5.74, 6) is 0.185. The second kappa shape index (κ2) is 10.3. The van der Waals surface area contributed by atoms with Crippen LogP contribution < -0.4 is 10.1 Å². The zero-order valence-corrected chi connectivity index (χ0v) is 14.3. The van der Waals surface area contributed by atoms with Crippen LogP contribution in [0.5, 0.6) is 5.75 Å². The smallest absolute Gasteiger partial charge is 0.257 e. The summed E-state index contributed by atoms with van der Waals surface area (Å²) in [5.41, 5.74) is 1.56. The largest absolute Gasteiger partial charge is 0.483 e. The summed E-state index contributed by atoms with van der Waals surface area (Å²) in [4.78, 5) is 22.6. The van der Waals surface area contributed by atoms with Crippen molar-refractivity contribution in [2.45, 2.75) is 19.4 Å². The zero-order valence-electron chi connectivity index (χ0n) is 14.3. The number of hydrogen-bond acceptors (Lipinski definition) is 4. The van der Waals surface area contributed by atoms with Crippen LogP contribution in [0.1, 0.15) is 35.4 Å². The molecule has 2 rings (SSSR count). The molecule has 0 saturated carbocycles. The predicted molar refractivity (Wildman–Crippen MR) is 95.8 cm³/mol. The van der Waals surface area contributed by atoms with Crippen LogP contribution in [0.15, 0.2) is 54.6 Å². The number of ether oxygens (including phenoxy) is 2. The number of rotatable bonds is 10. The monoisotopic (exact) mass is 341 g/mol. The Bertz CT molecular complexity index is 672. The minimum atomic E-state index is -0.225. The second-order valence-electron chi connectivity index (χ2n) is 5.57. The van der Waals surface area contributed by atoms with Crippen molar-refractivity contribution < 1.29 is 19.1 Å². The van der Waals surface area contributed by atoms with Gasteiger partial charge in [0.2, 0.25) is 0 Å². The number of hydrogen-bond donors (Lipinski definition) is 1. The molecule has 1 unspecified atom stereocenters. The molecule has 5 nitrogen and oxygen atoms in total. The third-order valence-corrected chi connectivity index (χ3v) is 3.68. The summed E-state index contributed by atoms with van der Waals surface area (Å²) >= 11 is 0. The molecule has 1 atom stereocenters. The second-order valence-corrected chi connectivity index (χ2v) is 5.57. The van der Waals surface area contributed by atoms with E-state index in [0.29, 0.717) is 37.2 Å². The Kier molecular flexibility index (Phi) is 7.66. The minimum Gasteiger partial charge on any atom is -0.483 e. The van der Waals surface area contributed by atoms with Crippen molar-refractivity contribution in [3.05, 3.63) is 65.7 Å². The molecule has 0 fully saturated rings. The van der Waals surface area contributed by atoms with E-state index < -0.39 is 0 Å². The first-order valence-electron chi connectivity index (χ1n) is 8.31. The lowest BCUT2D eigenvalue weighted by Gasteiger charge is -2.13. The van der Waals surface area contributed by atoms with E-state index in [9.17, 15) is 9.59 Å². The summed E-state index contributed by atoms with van der Waals surface area (Å²) in [6, 6.07) is 16.8. The predicted octanol–water partition coefficient (Wildman–Crippen LogP) is 3.16. The fourth-order valence-electron chi connectivity index (χ4n) is 2.28. The van der Waals surface area contributed by atoms with Crippen molar-refractivity contribution in [1.29, 1.82) is 0 Å². The van der Waals surface area contributed by atoms with Crippen LogP contribution in [0.4, 0.5) is 0 Å². The number of amides is 1. The van der Waals surface area contributed by atoms with Gasteiger partial charge in [-0.25, -0.2) is 0 Å². The Morgan fingerprint density at radius 2 is 1.84 bits per heavy atom. The van der Waals surface area contributed by atoms with Crippen LogP contribution in [0.3, 0.4) is 0 Å². The van der Waals surface area contributed by atoms with Crippen LogP contribution in [0.25, 0.3) is 0 Å². The molecule has 132 valence electrons. The number of carbonyl (C=O) groups is 2. The van der Waals surface area contributed by atoms with Gasteiger partial charge < -0.3 is 14.8 Å². The Hall–Kier alpha value is -2.66. The van der Waals surface area contributed by atoms with Crippen LogP contribution in [-0.2, 0) is 9.53 Å². The highest BCUT2D eigenvalue weighted by Crippen LogP contribution is 2.16. The number of aldehydes is 1. The molecule has 0 aliphatic heterocycles. The van der Waals surface area contributed by atoms with Gasteiger partial charge in [-0.1, -0.05) is 42.5 Å². The van der Waals surface area contributed by atoms with Crippen molar-refractivity contribution >= 4 is 12.2 Å². The lowest BCUT2D eigenvalue weighted by atomic mass is 10.1. The van der Waals surface area contributed by atoms with Gasteiger partial charge in [0, 0.05) is 13.2 Å². The molecule has 2 aromatic rings. The maximum absolute atomic E-state index is 11.8. The van der Waals surface area contributed by atoms with Gasteiger partial charge in [0.25, 0.3) is 5.91 Å². The molecular formula is C20H23NO4. The van der Waals surface area contributed by atoms with Gasteiger partial charge in [-0.3, -0.25) is 9.59 Å². The Labute approximate surface area is 148 Å². The Morgan fingerprint density at radius 1 is 1.12 bits per heavy atom. The van der Waals surface area contributed by atoms with Crippen molar-refractivity contribution in [2.75, 3.05) is 19.8 Å². The fourth-order valence-corrected chi connectivity index (χ4v) is 2.28. The van der Waals surface area contributed by atoms with E-state index in [-0.39, 0.29) is 18.6 Å². The van der Waals surface area contributed by atoms with E-state index in [1.54, 1.807) is 24.3 Å². The normalized spacial score (nSPS) is 11.6. The molecule has 0 aromatic heterocycles. The maximum Gasteiger partial charge on any atom is 0.257 e. The molecule has 0 aliphatic carbocycles. The zero-order chi connectivity index (χ0) is 17.9. The molecule has 0 aliphatic rings. The Morgan fingerprint density at radius 3 is 2.60 bits per heavy atom. The van der Waals surface area contributed by atoms with Gasteiger partial charge >= 0.3 is 0 Å². The standard InChI is InChI=1S/C20H23NO4/c1-16(17-8-3-2-4-9-17)24-13-7-12-21-20(23)15-25-19-11-6-5-10-18(19)14-22/h2-6,8-11,14,16H,7,12-13,15H2,1H3,(H,21,23). The number of benzene rings is 2. The third kappa shape index (κ3) is 6.39. The molecular weight excluding hydrogens is 318 g/mol. The minimum absolute atomic E-state index is 0.0278. The van der Waals surface area contributed by atoms with Crippen molar-refractivity contribution in [2.24, 2.45) is 0 Å². The highest BCUT2D eigenvalue weighted by molar-refractivity contribution is 5.80. The Balaban J connectivity index is 1.60. The average molecular weight is 341 g/mol. The topological polar surface area (TPSA) is 64.6 Å². The molecule has 0 spiro atoms. The number of nitrogens with one attached hydrogen (secondary N) is 1. The lowest BCUT2D eigenvalue weighted by molar-refractivity contribution is -0.123. The molecule has 1 amide bonds. The van der Waals surface area contributed by atoms with Crippen LogP contribution in [0, 0.1) is 0 Å². The quantitative estimate of drug-likeness (QED) is 0.532. The van der Waals surface area contributed by atoms with Gasteiger partial charge in [0.15, 0.2) is 12.9 Å². The van der Waals surface area contributed by atoms with Crippen molar-refractivity contribution in [1.82, 2.24) is 5.32 Å². The van der Waals surface area contributed by atoms with Gasteiger partial charge in [0.05, 0.1) is 11.7 Å². The van der Waals surface area contributed by atoms with Gasteiger partial charge in [0.1, 0.15) is 5.75 Å². The highest BCUT2D eigenvalue weighted by Gasteiger charge is 2.07. The van der Waals surface area contributed by atoms with Gasteiger partial charge in [-0.2, -0.15) is 0 Å². The molecule has 1 N–H and O–H groups in total. The molecule has 0 saturated heterocycles. The van der Waals surface area contributed by atoms with Gasteiger partial charge in [-0.05, 0) is 31.0 Å².